The number of alkyl halides is 2. The van der Waals surface area contributed by atoms with Gasteiger partial charge in [-0.3, -0.25) is 0 Å². The van der Waals surface area contributed by atoms with Crippen LogP contribution in [0, 0.1) is 0 Å². The smallest absolute Gasteiger partial charge is 0.250 e. The predicted octanol–water partition coefficient (Wildman–Crippen LogP) is 2.20. The Hall–Kier alpha value is -1.20. The lowest BCUT2D eigenvalue weighted by Crippen LogP contribution is -2.50. The summed E-state index contributed by atoms with van der Waals surface area (Å²) >= 11 is 0. The highest BCUT2D eigenvalue weighted by atomic mass is 19.3. The maximum absolute atomic E-state index is 12.2. The monoisotopic (exact) mass is 272 g/mol. The van der Waals surface area contributed by atoms with E-state index in [1.807, 2.05) is 31.2 Å². The van der Waals surface area contributed by atoms with Crippen LogP contribution < -0.4 is 15.8 Å². The maximum Gasteiger partial charge on any atom is 0.250 e. The summed E-state index contributed by atoms with van der Waals surface area (Å²) in [5.41, 5.74) is 6.35. The summed E-state index contributed by atoms with van der Waals surface area (Å²) in [6.07, 6.45) is -0.858. The minimum absolute atomic E-state index is 0.323. The molecule has 1 aromatic rings. The fraction of sp³-hybridized carbons (Fsp3) is 0.571. The van der Waals surface area contributed by atoms with Gasteiger partial charge in [0.1, 0.15) is 5.75 Å². The van der Waals surface area contributed by atoms with E-state index in [0.717, 1.165) is 17.7 Å². The molecule has 1 unspecified atom stereocenters. The number of methoxy groups -OCH3 is 1. The molecule has 0 heterocycles. The van der Waals surface area contributed by atoms with Gasteiger partial charge in [-0.25, -0.2) is 8.78 Å². The molecule has 0 aliphatic heterocycles. The second-order valence-electron chi connectivity index (χ2n) is 4.88. The third-order valence-electron chi connectivity index (χ3n) is 3.26. The van der Waals surface area contributed by atoms with Crippen molar-refractivity contribution in [1.82, 2.24) is 5.32 Å². The largest absolute Gasteiger partial charge is 0.497 e. The van der Waals surface area contributed by atoms with Gasteiger partial charge >= 0.3 is 0 Å². The van der Waals surface area contributed by atoms with Gasteiger partial charge in [-0.1, -0.05) is 12.1 Å². The number of nitrogens with one attached hydrogen (secondary N) is 1. The highest BCUT2D eigenvalue weighted by Crippen LogP contribution is 2.16. The van der Waals surface area contributed by atoms with Crippen LogP contribution in [0.3, 0.4) is 0 Å². The van der Waals surface area contributed by atoms with Gasteiger partial charge < -0.3 is 15.8 Å². The van der Waals surface area contributed by atoms with Crippen molar-refractivity contribution < 1.29 is 13.5 Å². The molecular weight excluding hydrogens is 250 g/mol. The van der Waals surface area contributed by atoms with E-state index in [0.29, 0.717) is 13.0 Å². The van der Waals surface area contributed by atoms with E-state index in [4.69, 9.17) is 10.5 Å². The van der Waals surface area contributed by atoms with E-state index in [-0.39, 0.29) is 6.54 Å². The van der Waals surface area contributed by atoms with Crippen LogP contribution in [-0.2, 0) is 6.42 Å². The number of nitrogens with two attached hydrogens (primary N) is 1. The Balaban J connectivity index is 2.51. The molecule has 1 aromatic carbocycles. The average Bonchev–Trinajstić information content (AvgIpc) is 2.43. The molecule has 0 radical (unpaired) electrons. The third kappa shape index (κ3) is 5.53. The van der Waals surface area contributed by atoms with Gasteiger partial charge in [0.2, 0.25) is 0 Å². The van der Waals surface area contributed by atoms with Gasteiger partial charge in [0.05, 0.1) is 13.7 Å². The minimum Gasteiger partial charge on any atom is -0.497 e. The molecule has 0 spiro atoms. The highest BCUT2D eigenvalue weighted by molar-refractivity contribution is 5.27. The number of hydrogen-bond acceptors (Lipinski definition) is 3. The summed E-state index contributed by atoms with van der Waals surface area (Å²) in [5, 5.41) is 2.84. The number of halogens is 2. The first-order chi connectivity index (χ1) is 8.99. The van der Waals surface area contributed by atoms with Crippen molar-refractivity contribution in [2.75, 3.05) is 20.2 Å². The van der Waals surface area contributed by atoms with Crippen molar-refractivity contribution >= 4 is 0 Å². The third-order valence-corrected chi connectivity index (χ3v) is 3.26. The molecule has 108 valence electrons. The van der Waals surface area contributed by atoms with Crippen molar-refractivity contribution in [2.45, 2.75) is 31.7 Å². The summed E-state index contributed by atoms with van der Waals surface area (Å²) in [7, 11) is 1.62. The standard InChI is InChI=1S/C14H22F2N2O/c1-14(10-17,18-9-13(15)16)8-7-11-3-5-12(19-2)6-4-11/h3-6,13,18H,7-10,17H2,1-2H3. The molecule has 3 N–H and O–H groups in total. The van der Waals surface area contributed by atoms with Crippen LogP contribution in [0.2, 0.25) is 0 Å². The molecule has 0 aliphatic carbocycles. The summed E-state index contributed by atoms with van der Waals surface area (Å²) in [5.74, 6) is 0.807. The molecule has 0 saturated heterocycles. The molecule has 3 nitrogen and oxygen atoms in total. The van der Waals surface area contributed by atoms with Gasteiger partial charge in [-0.05, 0) is 37.5 Å². The fourth-order valence-corrected chi connectivity index (χ4v) is 1.80. The van der Waals surface area contributed by atoms with Gasteiger partial charge in [0.15, 0.2) is 0 Å². The Kier molecular flexibility index (Phi) is 6.18. The summed E-state index contributed by atoms with van der Waals surface area (Å²) < 4.78 is 29.5. The zero-order valence-corrected chi connectivity index (χ0v) is 11.5. The van der Waals surface area contributed by atoms with Gasteiger partial charge in [-0.15, -0.1) is 0 Å². The molecule has 0 saturated carbocycles. The van der Waals surface area contributed by atoms with Crippen molar-refractivity contribution in [3.05, 3.63) is 29.8 Å². The first-order valence-corrected chi connectivity index (χ1v) is 6.35. The molecule has 0 amide bonds. The molecular formula is C14H22F2N2O. The van der Waals surface area contributed by atoms with Crippen LogP contribution >= 0.6 is 0 Å². The van der Waals surface area contributed by atoms with Crippen molar-refractivity contribution in [3.8, 4) is 5.75 Å². The summed E-state index contributed by atoms with van der Waals surface area (Å²) in [4.78, 5) is 0. The first kappa shape index (κ1) is 15.9. The number of aryl methyl sites for hydroxylation is 1. The topological polar surface area (TPSA) is 47.3 Å². The first-order valence-electron chi connectivity index (χ1n) is 6.35. The molecule has 1 atom stereocenters. The van der Waals surface area contributed by atoms with E-state index in [9.17, 15) is 8.78 Å². The van der Waals surface area contributed by atoms with E-state index < -0.39 is 12.0 Å². The van der Waals surface area contributed by atoms with Gasteiger partial charge in [0, 0.05) is 12.1 Å². The molecule has 0 aliphatic rings. The number of hydrogen-bond donors (Lipinski definition) is 2. The lowest BCUT2D eigenvalue weighted by molar-refractivity contribution is 0.130. The van der Waals surface area contributed by atoms with Crippen molar-refractivity contribution in [3.63, 3.8) is 0 Å². The highest BCUT2D eigenvalue weighted by Gasteiger charge is 2.22. The summed E-state index contributed by atoms with van der Waals surface area (Å²) in [6, 6.07) is 7.73. The maximum atomic E-state index is 12.2. The number of benzene rings is 1. The van der Waals surface area contributed by atoms with E-state index in [1.165, 1.54) is 0 Å². The normalized spacial score (nSPS) is 14.4. The van der Waals surface area contributed by atoms with Gasteiger partial charge in [0.25, 0.3) is 6.43 Å². The molecule has 19 heavy (non-hydrogen) atoms. The Morgan fingerprint density at radius 3 is 2.42 bits per heavy atom. The Morgan fingerprint density at radius 1 is 1.32 bits per heavy atom. The number of ether oxygens (including phenoxy) is 1. The van der Waals surface area contributed by atoms with E-state index in [2.05, 4.69) is 5.32 Å². The quantitative estimate of drug-likeness (QED) is 0.762. The molecule has 0 aromatic heterocycles. The zero-order chi connectivity index (χ0) is 14.3. The van der Waals surface area contributed by atoms with Crippen LogP contribution in [0.25, 0.3) is 0 Å². The molecule has 0 fully saturated rings. The molecule has 1 rings (SSSR count). The van der Waals surface area contributed by atoms with Crippen LogP contribution in [0.1, 0.15) is 18.9 Å². The minimum atomic E-state index is -2.35. The second-order valence-corrected chi connectivity index (χ2v) is 4.88. The Labute approximate surface area is 113 Å². The van der Waals surface area contributed by atoms with Crippen LogP contribution in [0.15, 0.2) is 24.3 Å². The Morgan fingerprint density at radius 2 is 1.95 bits per heavy atom. The second kappa shape index (κ2) is 7.40. The van der Waals surface area contributed by atoms with E-state index >= 15 is 0 Å². The predicted molar refractivity (Wildman–Crippen MR) is 72.8 cm³/mol. The van der Waals surface area contributed by atoms with Gasteiger partial charge in [-0.2, -0.15) is 0 Å². The molecule has 5 heteroatoms. The summed E-state index contributed by atoms with van der Waals surface area (Å²) in [6.45, 7) is 1.88. The average molecular weight is 272 g/mol. The Bertz CT molecular complexity index is 370. The lowest BCUT2D eigenvalue weighted by atomic mass is 9.93. The van der Waals surface area contributed by atoms with Crippen LogP contribution in [0.4, 0.5) is 8.78 Å². The zero-order valence-electron chi connectivity index (χ0n) is 11.5. The van der Waals surface area contributed by atoms with Crippen LogP contribution in [-0.4, -0.2) is 32.2 Å². The molecule has 0 bridgehead atoms. The number of rotatable bonds is 8. The van der Waals surface area contributed by atoms with E-state index in [1.54, 1.807) is 7.11 Å². The fourth-order valence-electron chi connectivity index (χ4n) is 1.80. The van der Waals surface area contributed by atoms with Crippen molar-refractivity contribution in [1.29, 1.82) is 0 Å². The van der Waals surface area contributed by atoms with Crippen LogP contribution in [0.5, 0.6) is 5.75 Å². The van der Waals surface area contributed by atoms with Crippen molar-refractivity contribution in [2.24, 2.45) is 5.73 Å². The lowest BCUT2D eigenvalue weighted by Gasteiger charge is -2.29. The SMILES string of the molecule is COc1ccc(CCC(C)(CN)NCC(F)F)cc1.